The van der Waals surface area contributed by atoms with Crippen molar-refractivity contribution in [1.82, 2.24) is 4.98 Å². The standard InChI is InChI=1S/C9H10F2N2OS/c1-6(14)7-4-12-8(15-7)13-3-2-9(10,11)5-13/h4H,2-3,5H2,1H3. The lowest BCUT2D eigenvalue weighted by molar-refractivity contribution is 0.0257. The second-order valence-electron chi connectivity index (χ2n) is 3.59. The number of carbonyl (C=O) groups excluding carboxylic acids is 1. The Hall–Kier alpha value is -1.04. The van der Waals surface area contributed by atoms with Gasteiger partial charge >= 0.3 is 0 Å². The minimum atomic E-state index is -2.62. The van der Waals surface area contributed by atoms with E-state index in [1.54, 1.807) is 0 Å². The van der Waals surface area contributed by atoms with Gasteiger partial charge in [-0.1, -0.05) is 11.3 Å². The zero-order chi connectivity index (χ0) is 11.1. The maximum atomic E-state index is 12.9. The van der Waals surface area contributed by atoms with Gasteiger partial charge in [0, 0.05) is 19.9 Å². The van der Waals surface area contributed by atoms with E-state index in [9.17, 15) is 13.6 Å². The molecular weight excluding hydrogens is 222 g/mol. The van der Waals surface area contributed by atoms with Gasteiger partial charge in [0.2, 0.25) is 0 Å². The number of halogens is 2. The molecule has 1 aliphatic rings. The van der Waals surface area contributed by atoms with Crippen LogP contribution in [-0.2, 0) is 0 Å². The molecule has 0 aliphatic carbocycles. The Labute approximate surface area is 89.7 Å². The molecule has 15 heavy (non-hydrogen) atoms. The third-order valence-corrected chi connectivity index (χ3v) is 3.44. The highest BCUT2D eigenvalue weighted by atomic mass is 32.1. The monoisotopic (exact) mass is 232 g/mol. The normalized spacial score (nSPS) is 19.5. The Morgan fingerprint density at radius 1 is 1.67 bits per heavy atom. The topological polar surface area (TPSA) is 33.2 Å². The fourth-order valence-corrected chi connectivity index (χ4v) is 2.31. The van der Waals surface area contributed by atoms with E-state index in [1.165, 1.54) is 29.4 Å². The number of aromatic nitrogens is 1. The molecule has 0 saturated carbocycles. The first kappa shape index (κ1) is 10.5. The van der Waals surface area contributed by atoms with Crippen molar-refractivity contribution in [3.05, 3.63) is 11.1 Å². The van der Waals surface area contributed by atoms with Crippen LogP contribution >= 0.6 is 11.3 Å². The second-order valence-corrected chi connectivity index (χ2v) is 4.60. The molecule has 0 atom stereocenters. The lowest BCUT2D eigenvalue weighted by atomic mass is 10.3. The molecule has 1 aromatic rings. The summed E-state index contributed by atoms with van der Waals surface area (Å²) >= 11 is 1.17. The highest BCUT2D eigenvalue weighted by Crippen LogP contribution is 2.32. The van der Waals surface area contributed by atoms with Gasteiger partial charge in [-0.3, -0.25) is 4.79 Å². The van der Waals surface area contributed by atoms with Crippen molar-refractivity contribution < 1.29 is 13.6 Å². The number of thiazole rings is 1. The summed E-state index contributed by atoms with van der Waals surface area (Å²) in [4.78, 5) is 17.0. The fraction of sp³-hybridized carbons (Fsp3) is 0.556. The van der Waals surface area contributed by atoms with Gasteiger partial charge in [0.25, 0.3) is 5.92 Å². The predicted molar refractivity (Wildman–Crippen MR) is 53.9 cm³/mol. The highest BCUT2D eigenvalue weighted by molar-refractivity contribution is 7.17. The van der Waals surface area contributed by atoms with Crippen LogP contribution in [0.4, 0.5) is 13.9 Å². The number of anilines is 1. The molecule has 0 unspecified atom stereocenters. The van der Waals surface area contributed by atoms with Crippen LogP contribution in [0.3, 0.4) is 0 Å². The molecule has 0 aromatic carbocycles. The molecule has 1 aromatic heterocycles. The number of hydrogen-bond donors (Lipinski definition) is 0. The largest absolute Gasteiger partial charge is 0.342 e. The van der Waals surface area contributed by atoms with Gasteiger partial charge in [0.1, 0.15) is 0 Å². The van der Waals surface area contributed by atoms with Crippen molar-refractivity contribution in [2.45, 2.75) is 19.3 Å². The number of ketones is 1. The van der Waals surface area contributed by atoms with Crippen molar-refractivity contribution in [2.24, 2.45) is 0 Å². The van der Waals surface area contributed by atoms with E-state index >= 15 is 0 Å². The molecule has 0 radical (unpaired) electrons. The first-order valence-electron chi connectivity index (χ1n) is 4.57. The lowest BCUT2D eigenvalue weighted by Crippen LogP contribution is -2.24. The van der Waals surface area contributed by atoms with Crippen LogP contribution in [0.1, 0.15) is 23.0 Å². The van der Waals surface area contributed by atoms with Crippen LogP contribution in [0, 0.1) is 0 Å². The molecule has 82 valence electrons. The Bertz CT molecular complexity index is 391. The molecule has 1 fully saturated rings. The summed E-state index contributed by atoms with van der Waals surface area (Å²) in [5.74, 6) is -2.70. The number of carbonyl (C=O) groups is 1. The summed E-state index contributed by atoms with van der Waals surface area (Å²) in [5, 5.41) is 0.511. The zero-order valence-electron chi connectivity index (χ0n) is 8.17. The Kier molecular flexibility index (Phi) is 2.46. The first-order chi connectivity index (χ1) is 6.98. The molecule has 1 aliphatic heterocycles. The van der Waals surface area contributed by atoms with Crippen LogP contribution in [0.2, 0.25) is 0 Å². The van der Waals surface area contributed by atoms with E-state index < -0.39 is 5.92 Å². The summed E-state index contributed by atoms with van der Waals surface area (Å²) < 4.78 is 25.8. The van der Waals surface area contributed by atoms with Gasteiger partial charge in [0.15, 0.2) is 10.9 Å². The number of nitrogens with zero attached hydrogens (tertiary/aromatic N) is 2. The number of rotatable bonds is 2. The van der Waals surface area contributed by atoms with Gasteiger partial charge in [0.05, 0.1) is 17.6 Å². The molecule has 0 amide bonds. The molecule has 2 heterocycles. The van der Waals surface area contributed by atoms with E-state index in [2.05, 4.69) is 4.98 Å². The quantitative estimate of drug-likeness (QED) is 0.733. The molecule has 3 nitrogen and oxygen atoms in total. The van der Waals surface area contributed by atoms with E-state index in [0.29, 0.717) is 16.6 Å². The van der Waals surface area contributed by atoms with Crippen molar-refractivity contribution >= 4 is 22.3 Å². The van der Waals surface area contributed by atoms with Crippen molar-refractivity contribution in [3.8, 4) is 0 Å². The summed E-state index contributed by atoms with van der Waals surface area (Å²) in [5.41, 5.74) is 0. The molecule has 1 saturated heterocycles. The average Bonchev–Trinajstić information content (AvgIpc) is 2.70. The average molecular weight is 232 g/mol. The molecule has 0 N–H and O–H groups in total. The van der Waals surface area contributed by atoms with Crippen molar-refractivity contribution in [3.63, 3.8) is 0 Å². The van der Waals surface area contributed by atoms with Crippen molar-refractivity contribution in [1.29, 1.82) is 0 Å². The molecule has 2 rings (SSSR count). The number of Topliss-reactive ketones (excluding diaryl/α,β-unsaturated/α-hetero) is 1. The van der Waals surface area contributed by atoms with Gasteiger partial charge in [-0.15, -0.1) is 0 Å². The molecular formula is C9H10F2N2OS. The van der Waals surface area contributed by atoms with E-state index in [-0.39, 0.29) is 18.7 Å². The minimum absolute atomic E-state index is 0.0790. The zero-order valence-corrected chi connectivity index (χ0v) is 8.98. The Morgan fingerprint density at radius 3 is 2.87 bits per heavy atom. The van der Waals surface area contributed by atoms with Gasteiger partial charge in [-0.2, -0.15) is 0 Å². The SMILES string of the molecule is CC(=O)c1cnc(N2CCC(F)(F)C2)s1. The van der Waals surface area contributed by atoms with Crippen LogP contribution in [0.5, 0.6) is 0 Å². The minimum Gasteiger partial charge on any atom is -0.342 e. The Balaban J connectivity index is 2.14. The van der Waals surface area contributed by atoms with E-state index in [4.69, 9.17) is 0 Å². The second kappa shape index (κ2) is 3.52. The van der Waals surface area contributed by atoms with Crippen LogP contribution in [0.15, 0.2) is 6.20 Å². The smallest absolute Gasteiger partial charge is 0.267 e. The summed E-state index contributed by atoms with van der Waals surface area (Å²) in [6.45, 7) is 1.45. The summed E-state index contributed by atoms with van der Waals surface area (Å²) in [6, 6.07) is 0. The lowest BCUT2D eigenvalue weighted by Gasteiger charge is -2.13. The fourth-order valence-electron chi connectivity index (χ4n) is 1.47. The van der Waals surface area contributed by atoms with Crippen LogP contribution < -0.4 is 4.90 Å². The van der Waals surface area contributed by atoms with Gasteiger partial charge in [-0.05, 0) is 0 Å². The maximum Gasteiger partial charge on any atom is 0.267 e. The Morgan fingerprint density at radius 2 is 2.40 bits per heavy atom. The first-order valence-corrected chi connectivity index (χ1v) is 5.39. The maximum absolute atomic E-state index is 12.9. The van der Waals surface area contributed by atoms with Crippen LogP contribution in [-0.4, -0.2) is 29.8 Å². The van der Waals surface area contributed by atoms with E-state index in [0.717, 1.165) is 0 Å². The summed E-state index contributed by atoms with van der Waals surface area (Å²) in [6.07, 6.45) is 1.31. The summed E-state index contributed by atoms with van der Waals surface area (Å²) in [7, 11) is 0. The molecule has 0 bridgehead atoms. The molecule has 6 heteroatoms. The third-order valence-electron chi connectivity index (χ3n) is 2.28. The number of hydrogen-bond acceptors (Lipinski definition) is 4. The van der Waals surface area contributed by atoms with Crippen molar-refractivity contribution in [2.75, 3.05) is 18.0 Å². The highest BCUT2D eigenvalue weighted by Gasteiger charge is 2.39. The van der Waals surface area contributed by atoms with Gasteiger partial charge in [-0.25, -0.2) is 13.8 Å². The third kappa shape index (κ3) is 2.14. The predicted octanol–water partition coefficient (Wildman–Crippen LogP) is 2.19. The number of alkyl halides is 2. The molecule has 0 spiro atoms. The van der Waals surface area contributed by atoms with E-state index in [1.807, 2.05) is 0 Å². The van der Waals surface area contributed by atoms with Crippen LogP contribution in [0.25, 0.3) is 0 Å². The van der Waals surface area contributed by atoms with Gasteiger partial charge < -0.3 is 4.90 Å².